The third-order valence-electron chi connectivity index (χ3n) is 4.76. The van der Waals surface area contributed by atoms with Crippen LogP contribution >= 0.6 is 0 Å². The van der Waals surface area contributed by atoms with Gasteiger partial charge in [0, 0.05) is 13.1 Å². The molecule has 146 valence electrons. The number of amides is 1. The molecule has 1 amide bonds. The predicted octanol–water partition coefficient (Wildman–Crippen LogP) is 1.88. The van der Waals surface area contributed by atoms with E-state index >= 15 is 0 Å². The second kappa shape index (κ2) is 7.87. The maximum absolute atomic E-state index is 13.6. The molecule has 9 heteroatoms. The molecule has 0 bridgehead atoms. The molecule has 1 N–H and O–H groups in total. The molecular formula is C17H24F2N2O4S. The molecule has 1 aliphatic rings. The summed E-state index contributed by atoms with van der Waals surface area (Å²) in [6, 6.07) is 1.10. The molecule has 0 aliphatic heterocycles. The van der Waals surface area contributed by atoms with Crippen LogP contribution in [0.5, 0.6) is 0 Å². The summed E-state index contributed by atoms with van der Waals surface area (Å²) in [5, 5.41) is 10.1. The summed E-state index contributed by atoms with van der Waals surface area (Å²) >= 11 is 0. The summed E-state index contributed by atoms with van der Waals surface area (Å²) in [5.74, 6) is -2.83. The Kier molecular flexibility index (Phi) is 6.23. The highest BCUT2D eigenvalue weighted by Gasteiger charge is 2.36. The van der Waals surface area contributed by atoms with Gasteiger partial charge in [-0.1, -0.05) is 12.8 Å². The average molecular weight is 390 g/mol. The van der Waals surface area contributed by atoms with E-state index in [1.165, 1.54) is 18.9 Å². The molecule has 0 saturated heterocycles. The Hall–Kier alpha value is -1.74. The van der Waals surface area contributed by atoms with Crippen molar-refractivity contribution in [3.8, 4) is 0 Å². The van der Waals surface area contributed by atoms with E-state index in [4.69, 9.17) is 0 Å². The van der Waals surface area contributed by atoms with Gasteiger partial charge in [-0.05, 0) is 31.9 Å². The van der Waals surface area contributed by atoms with Gasteiger partial charge in [0.25, 0.3) is 0 Å². The Labute approximate surface area is 152 Å². The average Bonchev–Trinajstić information content (AvgIpc) is 2.56. The molecule has 1 aromatic rings. The second-order valence-electron chi connectivity index (χ2n) is 6.70. The normalized spacial score (nSPS) is 21.9. The lowest BCUT2D eigenvalue weighted by atomic mass is 9.91. The molecule has 1 aliphatic carbocycles. The molecule has 26 heavy (non-hydrogen) atoms. The predicted molar refractivity (Wildman–Crippen MR) is 94.2 cm³/mol. The number of hydrogen-bond acceptors (Lipinski definition) is 4. The van der Waals surface area contributed by atoms with E-state index in [9.17, 15) is 27.1 Å². The summed E-state index contributed by atoms with van der Waals surface area (Å²) in [6.07, 6.45) is 3.18. The molecule has 1 saturated carbocycles. The second-order valence-corrected chi connectivity index (χ2v) is 8.56. The topological polar surface area (TPSA) is 77.9 Å². The number of aliphatic hydroxyl groups excluding tert-OH is 1. The molecule has 2 rings (SSSR count). The van der Waals surface area contributed by atoms with Crippen LogP contribution in [-0.4, -0.2) is 55.8 Å². The number of nitrogens with zero attached hydrogens (tertiary/aromatic N) is 2. The molecular weight excluding hydrogens is 366 g/mol. The summed E-state index contributed by atoms with van der Waals surface area (Å²) in [7, 11) is -2.42. The molecule has 0 spiro atoms. The van der Waals surface area contributed by atoms with E-state index < -0.39 is 45.8 Å². The van der Waals surface area contributed by atoms with Gasteiger partial charge in [0.15, 0.2) is 11.6 Å². The maximum Gasteiger partial charge on any atom is 0.246 e. The Balaban J connectivity index is 2.32. The van der Waals surface area contributed by atoms with Crippen molar-refractivity contribution in [3.63, 3.8) is 0 Å². The number of likely N-dealkylation sites (N-methyl/N-ethyl adjacent to an activating group) is 1. The molecule has 6 nitrogen and oxygen atoms in total. The fourth-order valence-corrected chi connectivity index (χ4v) is 4.59. The number of carbonyl (C=O) groups is 1. The summed E-state index contributed by atoms with van der Waals surface area (Å²) < 4.78 is 52.0. The van der Waals surface area contributed by atoms with Crippen LogP contribution in [0.25, 0.3) is 0 Å². The Morgan fingerprint density at radius 1 is 1.23 bits per heavy atom. The summed E-state index contributed by atoms with van der Waals surface area (Å²) in [6.45, 7) is 1.39. The van der Waals surface area contributed by atoms with Crippen molar-refractivity contribution in [2.75, 3.05) is 17.6 Å². The zero-order chi connectivity index (χ0) is 19.6. The summed E-state index contributed by atoms with van der Waals surface area (Å²) in [4.78, 5) is 14.2. The van der Waals surface area contributed by atoms with E-state index in [2.05, 4.69) is 0 Å². The van der Waals surface area contributed by atoms with E-state index in [1.54, 1.807) is 0 Å². The number of halogens is 2. The third-order valence-corrected chi connectivity index (χ3v) is 6.00. The molecule has 1 aromatic carbocycles. The minimum absolute atomic E-state index is 0.134. The monoisotopic (exact) mass is 390 g/mol. The van der Waals surface area contributed by atoms with Gasteiger partial charge in [-0.25, -0.2) is 17.2 Å². The lowest BCUT2D eigenvalue weighted by Crippen LogP contribution is -2.54. The van der Waals surface area contributed by atoms with Crippen molar-refractivity contribution in [1.29, 1.82) is 0 Å². The number of carbonyl (C=O) groups excluding carboxylic acids is 1. The van der Waals surface area contributed by atoms with E-state index in [1.807, 2.05) is 0 Å². The highest BCUT2D eigenvalue weighted by atomic mass is 32.2. The number of benzene rings is 1. The van der Waals surface area contributed by atoms with Crippen molar-refractivity contribution in [2.24, 2.45) is 0 Å². The van der Waals surface area contributed by atoms with Crippen LogP contribution in [0.1, 0.15) is 32.6 Å². The minimum atomic E-state index is -3.94. The van der Waals surface area contributed by atoms with Crippen molar-refractivity contribution >= 4 is 21.6 Å². The van der Waals surface area contributed by atoms with Crippen molar-refractivity contribution in [3.05, 3.63) is 29.8 Å². The fourth-order valence-electron chi connectivity index (χ4n) is 3.43. The molecule has 0 radical (unpaired) electrons. The molecule has 3 atom stereocenters. The van der Waals surface area contributed by atoms with E-state index in [0.717, 1.165) is 41.6 Å². The number of hydrogen-bond donors (Lipinski definition) is 1. The van der Waals surface area contributed by atoms with Gasteiger partial charge < -0.3 is 10.0 Å². The first-order valence-electron chi connectivity index (χ1n) is 8.43. The number of sulfonamides is 1. The Bertz CT molecular complexity index is 772. The van der Waals surface area contributed by atoms with Crippen LogP contribution in [-0.2, 0) is 14.8 Å². The van der Waals surface area contributed by atoms with Gasteiger partial charge in [0.05, 0.1) is 24.1 Å². The highest BCUT2D eigenvalue weighted by Crippen LogP contribution is 2.26. The van der Waals surface area contributed by atoms with Crippen LogP contribution in [0, 0.1) is 11.6 Å². The lowest BCUT2D eigenvalue weighted by molar-refractivity contribution is -0.136. The third kappa shape index (κ3) is 4.32. The van der Waals surface area contributed by atoms with Crippen molar-refractivity contribution in [2.45, 2.75) is 50.8 Å². The van der Waals surface area contributed by atoms with Crippen LogP contribution in [0.3, 0.4) is 0 Å². The van der Waals surface area contributed by atoms with Crippen LogP contribution in [0.15, 0.2) is 18.2 Å². The largest absolute Gasteiger partial charge is 0.391 e. The van der Waals surface area contributed by atoms with Crippen LogP contribution in [0.4, 0.5) is 14.5 Å². The number of aliphatic hydroxyl groups is 1. The first-order chi connectivity index (χ1) is 12.0. The summed E-state index contributed by atoms with van der Waals surface area (Å²) in [5.41, 5.74) is -0.134. The quantitative estimate of drug-likeness (QED) is 0.833. The first-order valence-corrected chi connectivity index (χ1v) is 10.3. The molecule has 0 heterocycles. The van der Waals surface area contributed by atoms with Crippen molar-refractivity contribution in [1.82, 2.24) is 4.90 Å². The standard InChI is InChI=1S/C17H24F2N2O4S/c1-11(17(23)20(2)15-6-4-5-7-16(15)22)21(26(3,24)25)12-8-9-13(18)14(19)10-12/h8-11,15-16,22H,4-7H2,1-3H3/t11-,15+,16+/m0/s1. The highest BCUT2D eigenvalue weighted by molar-refractivity contribution is 7.92. The zero-order valence-electron chi connectivity index (χ0n) is 15.0. The van der Waals surface area contributed by atoms with Crippen LogP contribution < -0.4 is 4.31 Å². The maximum atomic E-state index is 13.6. The Morgan fingerprint density at radius 2 is 1.85 bits per heavy atom. The number of rotatable bonds is 5. The van der Waals surface area contributed by atoms with Gasteiger partial charge in [-0.2, -0.15) is 0 Å². The van der Waals surface area contributed by atoms with E-state index in [-0.39, 0.29) is 5.69 Å². The van der Waals surface area contributed by atoms with Crippen molar-refractivity contribution < 1.29 is 27.1 Å². The Morgan fingerprint density at radius 3 is 2.38 bits per heavy atom. The van der Waals surface area contributed by atoms with Crippen LogP contribution in [0.2, 0.25) is 0 Å². The van der Waals surface area contributed by atoms with Gasteiger partial charge in [-0.15, -0.1) is 0 Å². The molecule has 0 aromatic heterocycles. The van der Waals surface area contributed by atoms with E-state index in [0.29, 0.717) is 12.8 Å². The zero-order valence-corrected chi connectivity index (χ0v) is 15.8. The molecule has 0 unspecified atom stereocenters. The first kappa shape index (κ1) is 20.6. The van der Waals surface area contributed by atoms with Gasteiger partial charge in [0.1, 0.15) is 6.04 Å². The van der Waals surface area contributed by atoms with Gasteiger partial charge in [-0.3, -0.25) is 9.10 Å². The van der Waals surface area contributed by atoms with Gasteiger partial charge in [0.2, 0.25) is 15.9 Å². The number of anilines is 1. The smallest absolute Gasteiger partial charge is 0.246 e. The lowest BCUT2D eigenvalue weighted by Gasteiger charge is -2.38. The minimum Gasteiger partial charge on any atom is -0.391 e. The SMILES string of the molecule is C[C@@H](C(=O)N(C)[C@@H]1CCCC[C@H]1O)N(c1ccc(F)c(F)c1)S(C)(=O)=O. The molecule has 1 fully saturated rings. The van der Waals surface area contributed by atoms with Gasteiger partial charge >= 0.3 is 0 Å². The fraction of sp³-hybridized carbons (Fsp3) is 0.588.